The average molecular weight is 574 g/mol. The molecule has 4 rings (SSSR count). The molecular formula is C28H33F2N5O6. The first-order chi connectivity index (χ1) is 19.6. The summed E-state index contributed by atoms with van der Waals surface area (Å²) >= 11 is 0. The molecule has 3 amide bonds. The molecular weight excluding hydrogens is 540 g/mol. The molecule has 220 valence electrons. The number of amides is 3. The number of methoxy groups -OCH3 is 1. The van der Waals surface area contributed by atoms with Gasteiger partial charge in [-0.05, 0) is 24.5 Å². The predicted octanol–water partition coefficient (Wildman–Crippen LogP) is 2.74. The van der Waals surface area contributed by atoms with Gasteiger partial charge in [-0.3, -0.25) is 24.3 Å². The molecule has 0 unspecified atom stereocenters. The van der Waals surface area contributed by atoms with E-state index < -0.39 is 41.7 Å². The number of nitrogens with zero attached hydrogens (tertiary/aromatic N) is 4. The summed E-state index contributed by atoms with van der Waals surface area (Å²) in [5.41, 5.74) is 0.0947. The van der Waals surface area contributed by atoms with E-state index in [1.165, 1.54) is 18.2 Å². The fourth-order valence-corrected chi connectivity index (χ4v) is 4.86. The van der Waals surface area contributed by atoms with Crippen molar-refractivity contribution in [1.29, 1.82) is 0 Å². The van der Waals surface area contributed by atoms with Crippen LogP contribution in [-0.2, 0) is 19.1 Å². The van der Waals surface area contributed by atoms with Crippen LogP contribution in [-0.4, -0.2) is 85.7 Å². The molecule has 2 aliphatic rings. The van der Waals surface area contributed by atoms with Gasteiger partial charge in [-0.25, -0.2) is 13.6 Å². The Balaban J connectivity index is 1.38. The van der Waals surface area contributed by atoms with Crippen LogP contribution in [0.4, 0.5) is 25.0 Å². The number of rotatable bonds is 9. The molecule has 0 saturated carbocycles. The molecule has 11 nitrogen and oxygen atoms in total. The Bertz CT molecular complexity index is 1260. The molecule has 0 bridgehead atoms. The van der Waals surface area contributed by atoms with E-state index >= 15 is 8.78 Å². The zero-order valence-electron chi connectivity index (χ0n) is 23.1. The van der Waals surface area contributed by atoms with Crippen LogP contribution in [0.1, 0.15) is 37.0 Å². The van der Waals surface area contributed by atoms with E-state index in [0.717, 1.165) is 17.0 Å². The summed E-state index contributed by atoms with van der Waals surface area (Å²) in [6.07, 6.45) is 1.88. The van der Waals surface area contributed by atoms with Gasteiger partial charge in [0.25, 0.3) is 5.91 Å². The lowest BCUT2D eigenvalue weighted by Crippen LogP contribution is -2.56. The van der Waals surface area contributed by atoms with Crippen molar-refractivity contribution in [1.82, 2.24) is 15.2 Å². The third kappa shape index (κ3) is 6.90. The molecule has 1 aromatic heterocycles. The number of pyridine rings is 1. The van der Waals surface area contributed by atoms with Gasteiger partial charge in [-0.1, -0.05) is 13.8 Å². The number of carbonyl (C=O) groups is 4. The maximum Gasteiger partial charge on any atom is 0.414 e. The van der Waals surface area contributed by atoms with Gasteiger partial charge in [0, 0.05) is 57.1 Å². The van der Waals surface area contributed by atoms with Crippen LogP contribution in [0, 0.1) is 17.6 Å². The lowest BCUT2D eigenvalue weighted by Gasteiger charge is -2.38. The number of esters is 1. The topological polar surface area (TPSA) is 121 Å². The Hall–Kier alpha value is -4.29. The summed E-state index contributed by atoms with van der Waals surface area (Å²) in [5, 5.41) is 2.78. The van der Waals surface area contributed by atoms with Crippen LogP contribution < -0.4 is 15.1 Å². The first kappa shape index (κ1) is 29.7. The Kier molecular flexibility index (Phi) is 9.35. The molecule has 1 aromatic carbocycles. The van der Waals surface area contributed by atoms with Crippen molar-refractivity contribution in [3.63, 3.8) is 0 Å². The number of anilines is 2. The van der Waals surface area contributed by atoms with Crippen molar-refractivity contribution in [3.05, 3.63) is 53.9 Å². The Morgan fingerprint density at radius 1 is 1.15 bits per heavy atom. The largest absolute Gasteiger partial charge is 0.469 e. The number of piperazine rings is 1. The third-order valence-electron chi connectivity index (χ3n) is 7.14. The van der Waals surface area contributed by atoms with Gasteiger partial charge in [0.15, 0.2) is 11.6 Å². The van der Waals surface area contributed by atoms with Gasteiger partial charge in [-0.2, -0.15) is 0 Å². The molecule has 2 fully saturated rings. The zero-order valence-corrected chi connectivity index (χ0v) is 23.1. The Labute approximate surface area is 236 Å². The van der Waals surface area contributed by atoms with E-state index in [-0.39, 0.29) is 68.8 Å². The van der Waals surface area contributed by atoms with Gasteiger partial charge < -0.3 is 24.6 Å². The van der Waals surface area contributed by atoms with Gasteiger partial charge in [0.1, 0.15) is 17.8 Å². The predicted molar refractivity (Wildman–Crippen MR) is 144 cm³/mol. The first-order valence-electron chi connectivity index (χ1n) is 13.4. The van der Waals surface area contributed by atoms with Crippen LogP contribution in [0.5, 0.6) is 0 Å². The Morgan fingerprint density at radius 2 is 1.83 bits per heavy atom. The first-order valence-corrected chi connectivity index (χ1v) is 13.4. The minimum atomic E-state index is -0.852. The number of cyclic esters (lactones) is 1. The van der Waals surface area contributed by atoms with E-state index in [0.29, 0.717) is 5.56 Å². The lowest BCUT2D eigenvalue weighted by molar-refractivity contribution is -0.141. The number of halogens is 2. The SMILES string of the molecule is COC(=O)CC[C@H]1CN(c2cc(F)c(N3CCN(C(=O)[C@@H](NC(=O)c4cccnc4)C(C)C)CC3)c(F)c2)C(=O)O1. The number of aromatic nitrogens is 1. The maximum absolute atomic E-state index is 15.2. The highest BCUT2D eigenvalue weighted by atomic mass is 19.1. The molecule has 2 saturated heterocycles. The van der Waals surface area contributed by atoms with Gasteiger partial charge in [-0.15, -0.1) is 0 Å². The fourth-order valence-electron chi connectivity index (χ4n) is 4.86. The number of ether oxygens (including phenoxy) is 2. The second-order valence-corrected chi connectivity index (χ2v) is 10.2. The second kappa shape index (κ2) is 12.9. The second-order valence-electron chi connectivity index (χ2n) is 10.2. The van der Waals surface area contributed by atoms with Crippen molar-refractivity contribution in [2.45, 2.75) is 38.8 Å². The smallest absolute Gasteiger partial charge is 0.414 e. The highest BCUT2D eigenvalue weighted by Gasteiger charge is 2.35. The van der Waals surface area contributed by atoms with Gasteiger partial charge in [0.05, 0.1) is 24.9 Å². The number of hydrogen-bond donors (Lipinski definition) is 1. The van der Waals surface area contributed by atoms with Crippen molar-refractivity contribution in [2.24, 2.45) is 5.92 Å². The van der Waals surface area contributed by atoms with Crippen LogP contribution in [0.2, 0.25) is 0 Å². The number of nitrogens with one attached hydrogen (secondary N) is 1. The van der Waals surface area contributed by atoms with Crippen LogP contribution in [0.25, 0.3) is 0 Å². The summed E-state index contributed by atoms with van der Waals surface area (Å²) in [4.78, 5) is 57.8. The summed E-state index contributed by atoms with van der Waals surface area (Å²) in [6.45, 7) is 4.43. The summed E-state index contributed by atoms with van der Waals surface area (Å²) in [7, 11) is 1.26. The molecule has 0 spiro atoms. The highest BCUT2D eigenvalue weighted by Crippen LogP contribution is 2.32. The molecule has 1 N–H and O–H groups in total. The van der Waals surface area contributed by atoms with Gasteiger partial charge in [0.2, 0.25) is 5.91 Å². The minimum absolute atomic E-state index is 0.00673. The van der Waals surface area contributed by atoms with E-state index in [1.807, 2.05) is 13.8 Å². The Morgan fingerprint density at radius 3 is 2.41 bits per heavy atom. The van der Waals surface area contributed by atoms with Crippen LogP contribution >= 0.6 is 0 Å². The molecule has 0 aliphatic carbocycles. The highest BCUT2D eigenvalue weighted by molar-refractivity contribution is 5.97. The normalized spacial score (nSPS) is 17.9. The molecule has 0 radical (unpaired) electrons. The van der Waals surface area contributed by atoms with Crippen molar-refractivity contribution in [2.75, 3.05) is 49.6 Å². The number of carbonyl (C=O) groups excluding carboxylic acids is 4. The van der Waals surface area contributed by atoms with Crippen LogP contribution in [0.3, 0.4) is 0 Å². The fraction of sp³-hybridized carbons (Fsp3) is 0.464. The van der Waals surface area contributed by atoms with E-state index in [4.69, 9.17) is 4.74 Å². The van der Waals surface area contributed by atoms with Crippen molar-refractivity contribution < 1.29 is 37.4 Å². The van der Waals surface area contributed by atoms with Gasteiger partial charge >= 0.3 is 12.1 Å². The van der Waals surface area contributed by atoms with Crippen LogP contribution in [0.15, 0.2) is 36.7 Å². The summed E-state index contributed by atoms with van der Waals surface area (Å²) in [6, 6.07) is 4.60. The quantitative estimate of drug-likeness (QED) is 0.455. The lowest BCUT2D eigenvalue weighted by atomic mass is 10.0. The maximum atomic E-state index is 15.2. The van der Waals surface area contributed by atoms with E-state index in [1.54, 1.807) is 23.2 Å². The monoisotopic (exact) mass is 573 g/mol. The number of hydrogen-bond acceptors (Lipinski definition) is 8. The minimum Gasteiger partial charge on any atom is -0.469 e. The molecule has 41 heavy (non-hydrogen) atoms. The molecule has 2 aromatic rings. The molecule has 3 heterocycles. The van der Waals surface area contributed by atoms with Crippen molar-refractivity contribution in [3.8, 4) is 0 Å². The third-order valence-corrected chi connectivity index (χ3v) is 7.14. The number of benzene rings is 1. The van der Waals surface area contributed by atoms with E-state index in [9.17, 15) is 19.2 Å². The summed E-state index contributed by atoms with van der Waals surface area (Å²) in [5.74, 6) is -3.03. The van der Waals surface area contributed by atoms with E-state index in [2.05, 4.69) is 15.0 Å². The average Bonchev–Trinajstić information content (AvgIpc) is 3.34. The summed E-state index contributed by atoms with van der Waals surface area (Å²) < 4.78 is 40.2. The molecule has 2 atom stereocenters. The molecule has 13 heteroatoms. The zero-order chi connectivity index (χ0) is 29.7. The molecule has 2 aliphatic heterocycles. The standard InChI is InChI=1S/C28H33F2N5O6/c1-17(2)24(32-26(37)18-5-4-8-31-15-18)27(38)34-11-9-33(10-12-34)25-21(29)13-19(14-22(25)30)35-16-20(41-28(35)39)6-7-23(36)40-3/h4-5,8,13-15,17,20,24H,6-7,9-12,16H2,1-3H3,(H,32,37)/t20-,24-/m0/s1. The van der Waals surface area contributed by atoms with Crippen molar-refractivity contribution >= 4 is 35.3 Å².